The fourth-order valence-electron chi connectivity index (χ4n) is 5.58. The van der Waals surface area contributed by atoms with Gasteiger partial charge in [-0.3, -0.25) is 19.3 Å². The van der Waals surface area contributed by atoms with Gasteiger partial charge in [0.2, 0.25) is 5.78 Å². The molecule has 4 rings (SSSR count). The van der Waals surface area contributed by atoms with Gasteiger partial charge in [-0.2, -0.15) is 0 Å². The average molecular weight is 604 g/mol. The van der Waals surface area contributed by atoms with Gasteiger partial charge in [-0.25, -0.2) is 0 Å². The summed E-state index contributed by atoms with van der Waals surface area (Å²) in [5.41, 5.74) is 1.36. The molecule has 1 aromatic rings. The van der Waals surface area contributed by atoms with Crippen LogP contribution in [-0.4, -0.2) is 90.2 Å². The van der Waals surface area contributed by atoms with Crippen molar-refractivity contribution in [3.63, 3.8) is 0 Å². The highest BCUT2D eigenvalue weighted by Crippen LogP contribution is 2.55. The normalized spacial score (nSPS) is 31.6. The van der Waals surface area contributed by atoms with Crippen molar-refractivity contribution in [3.05, 3.63) is 52.0 Å². The molecular weight excluding hydrogens is 575 g/mol. The number of ketones is 2. The second-order valence-electron chi connectivity index (χ2n) is 8.79. The predicted molar refractivity (Wildman–Crippen MR) is 133 cm³/mol. The summed E-state index contributed by atoms with van der Waals surface area (Å²) < 4.78 is 0. The molecule has 0 fully saturated rings. The predicted octanol–water partition coefficient (Wildman–Crippen LogP) is -0.121. The van der Waals surface area contributed by atoms with Gasteiger partial charge in [-0.05, 0) is 36.6 Å². The van der Waals surface area contributed by atoms with Gasteiger partial charge < -0.3 is 36.7 Å². The Labute approximate surface area is 215 Å². The molecule has 0 saturated carbocycles. The largest absolute Gasteiger partial charge is 0.510 e. The number of amides is 1. The van der Waals surface area contributed by atoms with Gasteiger partial charge in [0, 0.05) is 11.5 Å². The number of aromatic hydroxyl groups is 1. The molecule has 1 amide bonds. The number of halogens is 1. The third kappa shape index (κ3) is 3.74. The van der Waals surface area contributed by atoms with Gasteiger partial charge in [-0.15, -0.1) is 0 Å². The minimum absolute atomic E-state index is 0. The number of carbonyl (C=O) groups excluding carboxylic acids is 3. The van der Waals surface area contributed by atoms with Crippen LogP contribution in [0.15, 0.2) is 40.9 Å². The van der Waals surface area contributed by atoms with Crippen LogP contribution in [0.5, 0.6) is 5.75 Å². The number of primary amides is 1. The van der Waals surface area contributed by atoms with Crippen molar-refractivity contribution >= 4 is 40.1 Å². The van der Waals surface area contributed by atoms with E-state index in [1.807, 2.05) is 4.93 Å². The number of hydrogen-bond acceptors (Lipinski definition) is 9. The molecule has 0 spiro atoms. The van der Waals surface area contributed by atoms with Crippen LogP contribution < -0.4 is 5.73 Å². The lowest BCUT2D eigenvalue weighted by Crippen LogP contribution is -2.68. The Morgan fingerprint density at radius 1 is 1.14 bits per heavy atom. The lowest BCUT2D eigenvalue weighted by Gasteiger charge is -2.53. The van der Waals surface area contributed by atoms with E-state index in [1.54, 1.807) is 19.1 Å². The summed E-state index contributed by atoms with van der Waals surface area (Å²) in [4.78, 5) is 41.8. The number of Topliss-reactive ketones (excluding diaryl/α,β-unsaturated/α-hetero) is 2. The first-order chi connectivity index (χ1) is 15.9. The first kappa shape index (κ1) is 28.7. The summed E-state index contributed by atoms with van der Waals surface area (Å²) in [5.74, 6) is -8.86. The lowest BCUT2D eigenvalue weighted by atomic mass is 9.55. The van der Waals surface area contributed by atoms with E-state index in [0.717, 1.165) is 0 Å². The van der Waals surface area contributed by atoms with E-state index >= 15 is 0 Å². The number of fused-ring (bicyclic) bond motifs is 3. The molecule has 0 heterocycles. The van der Waals surface area contributed by atoms with Crippen LogP contribution in [-0.2, 0) is 9.59 Å². The molecule has 11 nitrogen and oxygen atoms in total. The van der Waals surface area contributed by atoms with Crippen molar-refractivity contribution < 1.29 is 45.4 Å². The number of aliphatic hydroxyl groups excluding tert-OH is 3. The van der Waals surface area contributed by atoms with E-state index in [1.165, 1.54) is 25.1 Å². The average Bonchev–Trinajstić information content (AvgIpc) is 2.77. The van der Waals surface area contributed by atoms with E-state index < -0.39 is 75.6 Å². The Balaban J connectivity index is 0.00000140. The van der Waals surface area contributed by atoms with Crippen molar-refractivity contribution in [2.24, 2.45) is 17.6 Å². The van der Waals surface area contributed by atoms with Crippen molar-refractivity contribution in [1.82, 2.24) is 4.90 Å². The van der Waals surface area contributed by atoms with Crippen LogP contribution in [0.2, 0.25) is 0 Å². The fourth-order valence-corrected chi connectivity index (χ4v) is 5.58. The Morgan fingerprint density at radius 2 is 1.71 bits per heavy atom. The van der Waals surface area contributed by atoms with Crippen molar-refractivity contribution in [3.8, 4) is 5.75 Å². The van der Waals surface area contributed by atoms with E-state index in [2.05, 4.69) is 22.6 Å². The summed E-state index contributed by atoms with van der Waals surface area (Å²) in [6.07, 6.45) is -1.59. The molecule has 0 aliphatic heterocycles. The highest BCUT2D eigenvalue weighted by Gasteiger charge is 2.67. The summed E-state index contributed by atoms with van der Waals surface area (Å²) in [6, 6.07) is 3.17. The molecule has 0 aromatic heterocycles. The number of aliphatic hydroxyl groups is 4. The SMILES string of the molecule is CI.C[C@H]1c2cccc(O)c2C(=O)C2=C(O)[C@]3(O)C(=O)C(C(N)=O)=C(O)[C@@H](N(C)C)[C@@H]3[C@@H](O)[C@@H]21.O. The zero-order valence-electron chi connectivity index (χ0n) is 19.5. The van der Waals surface area contributed by atoms with Crippen LogP contribution in [0.25, 0.3) is 0 Å². The fraction of sp³-hybridized carbons (Fsp3) is 0.435. The minimum atomic E-state index is -2.89. The Morgan fingerprint density at radius 3 is 2.23 bits per heavy atom. The van der Waals surface area contributed by atoms with Crippen LogP contribution in [0.1, 0.15) is 28.8 Å². The number of nitrogens with zero attached hydrogens (tertiary/aromatic N) is 1. The highest BCUT2D eigenvalue weighted by atomic mass is 127. The van der Waals surface area contributed by atoms with E-state index in [-0.39, 0.29) is 16.8 Å². The van der Waals surface area contributed by atoms with Gasteiger partial charge in [0.05, 0.1) is 23.6 Å². The van der Waals surface area contributed by atoms with Crippen molar-refractivity contribution in [2.75, 3.05) is 19.0 Å². The van der Waals surface area contributed by atoms with Crippen LogP contribution in [0.3, 0.4) is 0 Å². The quantitative estimate of drug-likeness (QED) is 0.151. The number of phenols is 1. The molecule has 0 bridgehead atoms. The monoisotopic (exact) mass is 604 g/mol. The van der Waals surface area contributed by atoms with Gasteiger partial charge in [0.1, 0.15) is 22.8 Å². The lowest BCUT2D eigenvalue weighted by molar-refractivity contribution is -0.162. The zero-order chi connectivity index (χ0) is 25.9. The van der Waals surface area contributed by atoms with E-state index in [4.69, 9.17) is 5.73 Å². The van der Waals surface area contributed by atoms with Gasteiger partial charge >= 0.3 is 0 Å². The number of nitrogens with two attached hydrogens (primary N) is 1. The number of alkyl halides is 1. The smallest absolute Gasteiger partial charge is 0.255 e. The standard InChI is InChI=1S/C22H24N2O8.CH3I.H2O/c1-7-8-5-4-6-9(25)11(8)16(26)12-10(7)17(27)14-15(24(2)3)18(28)13(21(23)31)20(30)22(14,32)19(12)29;1-2;/h4-7,10,14-15,17,25,27-29,32H,1-3H3,(H2,23,31);1H3;1H2/t7-,10+,14+,15-,17-,22-;;/m0../s1. The van der Waals surface area contributed by atoms with Crippen molar-refractivity contribution in [2.45, 2.75) is 30.6 Å². The molecular formula is C23H29IN2O9. The number of phenolic OH excluding ortho intramolecular Hbond substituents is 1. The van der Waals surface area contributed by atoms with Crippen molar-refractivity contribution in [1.29, 1.82) is 0 Å². The molecule has 3 aliphatic rings. The van der Waals surface area contributed by atoms with Crippen LogP contribution >= 0.6 is 22.6 Å². The third-order valence-corrected chi connectivity index (χ3v) is 7.00. The number of hydrogen-bond donors (Lipinski definition) is 6. The number of carbonyl (C=O) groups is 3. The maximum Gasteiger partial charge on any atom is 0.255 e. The third-order valence-electron chi connectivity index (χ3n) is 7.00. The summed E-state index contributed by atoms with van der Waals surface area (Å²) in [7, 11) is 2.98. The zero-order valence-corrected chi connectivity index (χ0v) is 21.6. The Bertz CT molecular complexity index is 1150. The van der Waals surface area contributed by atoms with Gasteiger partial charge in [0.25, 0.3) is 5.91 Å². The molecule has 12 heteroatoms. The molecule has 3 aliphatic carbocycles. The van der Waals surface area contributed by atoms with Crippen LogP contribution in [0, 0.1) is 11.8 Å². The minimum Gasteiger partial charge on any atom is -0.510 e. The molecule has 35 heavy (non-hydrogen) atoms. The second-order valence-corrected chi connectivity index (χ2v) is 8.79. The topological polar surface area (TPSA) is 213 Å². The summed E-state index contributed by atoms with van der Waals surface area (Å²) in [5, 5.41) is 55.0. The van der Waals surface area contributed by atoms with Crippen LogP contribution in [0.4, 0.5) is 0 Å². The molecule has 0 saturated heterocycles. The molecule has 6 atom stereocenters. The van der Waals surface area contributed by atoms with Gasteiger partial charge in [0.15, 0.2) is 11.4 Å². The maximum atomic E-state index is 13.3. The molecule has 0 unspecified atom stereocenters. The number of rotatable bonds is 2. The summed E-state index contributed by atoms with van der Waals surface area (Å²) >= 11 is 2.15. The Kier molecular flexibility index (Phi) is 8.08. The number of benzene rings is 1. The Hall–Kier alpha value is -2.52. The maximum absolute atomic E-state index is 13.3. The molecule has 192 valence electrons. The first-order valence-corrected chi connectivity index (χ1v) is 12.6. The highest BCUT2D eigenvalue weighted by molar-refractivity contribution is 14.1. The second kappa shape index (κ2) is 9.85. The van der Waals surface area contributed by atoms with E-state index in [0.29, 0.717) is 5.56 Å². The van der Waals surface area contributed by atoms with E-state index in [9.17, 15) is 39.9 Å². The number of likely N-dealkylation sites (N-methyl/N-ethyl adjacent to an activating group) is 1. The summed E-state index contributed by atoms with van der Waals surface area (Å²) in [6.45, 7) is 1.68. The molecule has 0 radical (unpaired) electrons. The first-order valence-electron chi connectivity index (χ1n) is 10.4. The molecule has 1 aromatic carbocycles. The van der Waals surface area contributed by atoms with Gasteiger partial charge in [-0.1, -0.05) is 41.6 Å². The molecule has 9 N–H and O–H groups in total.